The smallest absolute Gasteiger partial charge is 0.275 e. The molecule has 0 aromatic heterocycles. The van der Waals surface area contributed by atoms with Crippen molar-refractivity contribution in [1.82, 2.24) is 10.3 Å². The summed E-state index contributed by atoms with van der Waals surface area (Å²) in [6, 6.07) is 4.46. The van der Waals surface area contributed by atoms with Crippen molar-refractivity contribution in [3.05, 3.63) is 33.8 Å². The van der Waals surface area contributed by atoms with Gasteiger partial charge in [0.2, 0.25) is 5.91 Å². The Balaban J connectivity index is 2.21. The Labute approximate surface area is 107 Å². The Morgan fingerprint density at radius 1 is 1.29 bits per heavy atom. The molecule has 5 nitrogen and oxygen atoms in total. The Kier molecular flexibility index (Phi) is 3.31. The standard InChI is InChI=1S/C10H7Cl2N3O2/c11-7-2-1-3-8(12)6(7)4-13-15-5-9(16)14-10(15)17/h1-4H,5H2,(H,14,16,17)/b13-4+. The molecule has 1 fully saturated rings. The largest absolute Gasteiger partial charge is 0.344 e. The average Bonchev–Trinajstić information content (AvgIpc) is 2.57. The summed E-state index contributed by atoms with van der Waals surface area (Å²) in [4.78, 5) is 22.1. The molecule has 0 bridgehead atoms. The zero-order valence-electron chi connectivity index (χ0n) is 8.48. The molecule has 88 valence electrons. The van der Waals surface area contributed by atoms with E-state index in [4.69, 9.17) is 23.2 Å². The van der Waals surface area contributed by atoms with Crippen LogP contribution < -0.4 is 5.32 Å². The predicted molar refractivity (Wildman–Crippen MR) is 64.3 cm³/mol. The van der Waals surface area contributed by atoms with Gasteiger partial charge in [-0.3, -0.25) is 10.1 Å². The number of amides is 3. The maximum atomic E-state index is 11.2. The monoisotopic (exact) mass is 271 g/mol. The molecule has 1 saturated heterocycles. The number of nitrogens with zero attached hydrogens (tertiary/aromatic N) is 2. The van der Waals surface area contributed by atoms with E-state index in [2.05, 4.69) is 10.4 Å². The number of rotatable bonds is 2. The number of benzene rings is 1. The minimum atomic E-state index is -0.561. The summed E-state index contributed by atoms with van der Waals surface area (Å²) in [5.41, 5.74) is 0.503. The summed E-state index contributed by atoms with van der Waals surface area (Å²) in [6.45, 7) is -0.0998. The van der Waals surface area contributed by atoms with Gasteiger partial charge in [0.1, 0.15) is 6.54 Å². The van der Waals surface area contributed by atoms with Crippen LogP contribution in [0.2, 0.25) is 10.0 Å². The highest BCUT2D eigenvalue weighted by molar-refractivity contribution is 6.38. The summed E-state index contributed by atoms with van der Waals surface area (Å²) >= 11 is 11.8. The summed E-state index contributed by atoms with van der Waals surface area (Å²) in [7, 11) is 0. The number of halogens is 2. The van der Waals surface area contributed by atoms with Gasteiger partial charge in [-0.05, 0) is 12.1 Å². The molecule has 0 atom stereocenters. The molecule has 0 spiro atoms. The normalized spacial score (nSPS) is 15.8. The van der Waals surface area contributed by atoms with Gasteiger partial charge in [0.05, 0.1) is 16.3 Å². The number of hydrogen-bond donors (Lipinski definition) is 1. The second-order valence-electron chi connectivity index (χ2n) is 3.29. The lowest BCUT2D eigenvalue weighted by Gasteiger charge is -2.05. The highest BCUT2D eigenvalue weighted by atomic mass is 35.5. The van der Waals surface area contributed by atoms with Crippen molar-refractivity contribution >= 4 is 41.4 Å². The van der Waals surface area contributed by atoms with Crippen LogP contribution in [0.25, 0.3) is 0 Å². The first-order valence-electron chi connectivity index (χ1n) is 4.67. The minimum absolute atomic E-state index is 0.0998. The molecule has 1 heterocycles. The van der Waals surface area contributed by atoms with Crippen LogP contribution in [0.5, 0.6) is 0 Å². The molecule has 0 saturated carbocycles. The molecule has 1 N–H and O–H groups in total. The highest BCUT2D eigenvalue weighted by Crippen LogP contribution is 2.22. The summed E-state index contributed by atoms with van der Waals surface area (Å²) in [6.07, 6.45) is 1.35. The number of nitrogens with one attached hydrogen (secondary N) is 1. The SMILES string of the molecule is O=C1CN(/N=C/c2c(Cl)cccc2Cl)C(=O)N1. The molecule has 0 unspecified atom stereocenters. The summed E-state index contributed by atoms with van der Waals surface area (Å²) < 4.78 is 0. The number of imide groups is 1. The third-order valence-electron chi connectivity index (χ3n) is 2.10. The highest BCUT2D eigenvalue weighted by Gasteiger charge is 2.26. The molecular weight excluding hydrogens is 265 g/mol. The second-order valence-corrected chi connectivity index (χ2v) is 4.11. The number of carbonyl (C=O) groups is 2. The van der Waals surface area contributed by atoms with Crippen LogP contribution in [0.15, 0.2) is 23.3 Å². The molecule has 0 radical (unpaired) electrons. The average molecular weight is 272 g/mol. The van der Waals surface area contributed by atoms with Gasteiger partial charge in [0.25, 0.3) is 0 Å². The quantitative estimate of drug-likeness (QED) is 0.660. The molecule has 3 amide bonds. The van der Waals surface area contributed by atoms with Gasteiger partial charge in [-0.2, -0.15) is 5.10 Å². The lowest BCUT2D eigenvalue weighted by molar-refractivity contribution is -0.118. The first-order chi connectivity index (χ1) is 8.08. The molecule has 1 aliphatic heterocycles. The topological polar surface area (TPSA) is 61.8 Å². The second kappa shape index (κ2) is 4.73. The molecule has 17 heavy (non-hydrogen) atoms. The zero-order valence-corrected chi connectivity index (χ0v) is 10.00. The van der Waals surface area contributed by atoms with E-state index >= 15 is 0 Å². The fourth-order valence-electron chi connectivity index (χ4n) is 1.29. The van der Waals surface area contributed by atoms with E-state index in [1.165, 1.54) is 6.21 Å². The van der Waals surface area contributed by atoms with Gasteiger partial charge in [-0.15, -0.1) is 0 Å². The Bertz CT molecular complexity index is 496. The van der Waals surface area contributed by atoms with E-state index in [1.807, 2.05) is 0 Å². The summed E-state index contributed by atoms with van der Waals surface area (Å²) in [5, 5.41) is 7.80. The Morgan fingerprint density at radius 3 is 2.47 bits per heavy atom. The van der Waals surface area contributed by atoms with Gasteiger partial charge < -0.3 is 0 Å². The maximum Gasteiger partial charge on any atom is 0.344 e. The first-order valence-corrected chi connectivity index (χ1v) is 5.43. The zero-order chi connectivity index (χ0) is 12.4. The van der Waals surface area contributed by atoms with Crippen molar-refractivity contribution in [3.8, 4) is 0 Å². The number of carbonyl (C=O) groups excluding carboxylic acids is 2. The van der Waals surface area contributed by atoms with Crippen LogP contribution in [0.3, 0.4) is 0 Å². The Morgan fingerprint density at radius 2 is 1.94 bits per heavy atom. The van der Waals surface area contributed by atoms with Crippen molar-refractivity contribution in [2.24, 2.45) is 5.10 Å². The first kappa shape index (κ1) is 11.9. The van der Waals surface area contributed by atoms with Gasteiger partial charge in [-0.1, -0.05) is 29.3 Å². The van der Waals surface area contributed by atoms with Gasteiger partial charge in [-0.25, -0.2) is 9.80 Å². The van der Waals surface area contributed by atoms with E-state index in [1.54, 1.807) is 18.2 Å². The predicted octanol–water partition coefficient (Wildman–Crippen LogP) is 1.88. The molecule has 7 heteroatoms. The lowest BCUT2D eigenvalue weighted by atomic mass is 10.2. The minimum Gasteiger partial charge on any atom is -0.275 e. The van der Waals surface area contributed by atoms with Gasteiger partial charge in [0, 0.05) is 5.56 Å². The molecule has 1 aromatic rings. The summed E-state index contributed by atoms with van der Waals surface area (Å²) in [5.74, 6) is -0.391. The van der Waals surface area contributed by atoms with E-state index in [9.17, 15) is 9.59 Å². The van der Waals surface area contributed by atoms with Crippen molar-refractivity contribution in [2.45, 2.75) is 0 Å². The molecule has 1 aromatic carbocycles. The molecule has 2 rings (SSSR count). The Hall–Kier alpha value is -1.59. The van der Waals surface area contributed by atoms with Crippen LogP contribution in [-0.4, -0.2) is 29.7 Å². The maximum absolute atomic E-state index is 11.2. The van der Waals surface area contributed by atoms with Crippen LogP contribution in [0.1, 0.15) is 5.56 Å². The fraction of sp³-hybridized carbons (Fsp3) is 0.100. The van der Waals surface area contributed by atoms with Crippen LogP contribution in [-0.2, 0) is 4.79 Å². The molecular formula is C10H7Cl2N3O2. The van der Waals surface area contributed by atoms with Crippen molar-refractivity contribution < 1.29 is 9.59 Å². The van der Waals surface area contributed by atoms with E-state index < -0.39 is 11.9 Å². The van der Waals surface area contributed by atoms with Crippen molar-refractivity contribution in [1.29, 1.82) is 0 Å². The van der Waals surface area contributed by atoms with E-state index in [0.717, 1.165) is 5.01 Å². The molecule has 0 aliphatic carbocycles. The number of hydrogen-bond acceptors (Lipinski definition) is 3. The lowest BCUT2D eigenvalue weighted by Crippen LogP contribution is -2.24. The van der Waals surface area contributed by atoms with Gasteiger partial charge in [0.15, 0.2) is 0 Å². The van der Waals surface area contributed by atoms with Crippen molar-refractivity contribution in [2.75, 3.05) is 6.54 Å². The molecule has 1 aliphatic rings. The number of urea groups is 1. The van der Waals surface area contributed by atoms with E-state index in [0.29, 0.717) is 15.6 Å². The van der Waals surface area contributed by atoms with Crippen LogP contribution in [0, 0.1) is 0 Å². The van der Waals surface area contributed by atoms with Crippen molar-refractivity contribution in [3.63, 3.8) is 0 Å². The van der Waals surface area contributed by atoms with Crippen LogP contribution in [0.4, 0.5) is 4.79 Å². The number of hydrazone groups is 1. The fourth-order valence-corrected chi connectivity index (χ4v) is 1.78. The van der Waals surface area contributed by atoms with Gasteiger partial charge >= 0.3 is 6.03 Å². The third kappa shape index (κ3) is 2.57. The third-order valence-corrected chi connectivity index (χ3v) is 2.76. The van der Waals surface area contributed by atoms with Crippen LogP contribution >= 0.6 is 23.2 Å². The van der Waals surface area contributed by atoms with E-state index in [-0.39, 0.29) is 6.54 Å².